The minimum absolute atomic E-state index is 0.00824. The maximum absolute atomic E-state index is 11.4. The summed E-state index contributed by atoms with van der Waals surface area (Å²) in [5.41, 5.74) is 1.48. The highest BCUT2D eigenvalue weighted by Crippen LogP contribution is 2.24. The lowest BCUT2D eigenvalue weighted by Gasteiger charge is -2.09. The molecule has 5 nitrogen and oxygen atoms in total. The third-order valence-electron chi connectivity index (χ3n) is 2.56. The summed E-state index contributed by atoms with van der Waals surface area (Å²) in [5, 5.41) is 3.70. The highest BCUT2D eigenvalue weighted by Gasteiger charge is 2.07. The largest absolute Gasteiger partial charge is 0.353 e. The van der Waals surface area contributed by atoms with Gasteiger partial charge >= 0.3 is 0 Å². The molecule has 7 heteroatoms. The smallest absolute Gasteiger partial charge is 0.233 e. The van der Waals surface area contributed by atoms with E-state index in [1.54, 1.807) is 25.1 Å². The first-order chi connectivity index (χ1) is 9.50. The summed E-state index contributed by atoms with van der Waals surface area (Å²) in [6, 6.07) is 10.6. The first kappa shape index (κ1) is 14.6. The zero-order valence-electron chi connectivity index (χ0n) is 10.8. The number of para-hydroxylation sites is 1. The molecule has 0 atom stereocenters. The molecule has 2 rings (SSSR count). The topological polar surface area (TPSA) is 71.1 Å². The average molecular weight is 312 g/mol. The van der Waals surface area contributed by atoms with Gasteiger partial charge in [-0.2, -0.15) is 0 Å². The van der Waals surface area contributed by atoms with E-state index in [4.69, 9.17) is 11.6 Å². The lowest BCUT2D eigenvalue weighted by molar-refractivity contribution is 0.602. The van der Waals surface area contributed by atoms with E-state index >= 15 is 0 Å². The van der Waals surface area contributed by atoms with E-state index in [-0.39, 0.29) is 11.6 Å². The van der Waals surface area contributed by atoms with E-state index in [0.29, 0.717) is 5.02 Å². The summed E-state index contributed by atoms with van der Waals surface area (Å²) in [7, 11) is -3.31. The Morgan fingerprint density at radius 1 is 1.20 bits per heavy atom. The molecule has 2 N–H and O–H groups in total. The van der Waals surface area contributed by atoms with Crippen LogP contribution in [0, 0.1) is 0 Å². The van der Waals surface area contributed by atoms with Crippen LogP contribution < -0.4 is 10.0 Å². The second-order valence-corrected chi connectivity index (χ2v) is 6.46. The summed E-state index contributed by atoms with van der Waals surface area (Å²) in [5.74, 6) is 0.297. The molecule has 1 heterocycles. The number of nitrogens with one attached hydrogen (secondary N) is 2. The molecule has 106 valence electrons. The molecule has 0 fully saturated rings. The zero-order chi connectivity index (χ0) is 14.6. The molecule has 1 aromatic heterocycles. The van der Waals surface area contributed by atoms with E-state index in [9.17, 15) is 8.42 Å². The van der Waals surface area contributed by atoms with Gasteiger partial charge in [-0.3, -0.25) is 4.72 Å². The fraction of sp³-hybridized carbons (Fsp3) is 0.154. The van der Waals surface area contributed by atoms with Crippen molar-refractivity contribution in [3.63, 3.8) is 0 Å². The first-order valence-corrected chi connectivity index (χ1v) is 8.01. The van der Waals surface area contributed by atoms with Crippen molar-refractivity contribution < 1.29 is 8.42 Å². The molecule has 0 aliphatic carbocycles. The Balaban J connectivity index is 2.11. The van der Waals surface area contributed by atoms with Crippen molar-refractivity contribution in [1.29, 1.82) is 0 Å². The highest BCUT2D eigenvalue weighted by molar-refractivity contribution is 7.92. The van der Waals surface area contributed by atoms with E-state index in [1.807, 2.05) is 18.2 Å². The normalized spacial score (nSPS) is 11.1. The summed E-state index contributed by atoms with van der Waals surface area (Å²) in [4.78, 5) is 4.04. The third kappa shape index (κ3) is 3.85. The van der Waals surface area contributed by atoms with Crippen molar-refractivity contribution in [2.45, 2.75) is 6.92 Å². The minimum Gasteiger partial charge on any atom is -0.353 e. The second-order valence-electron chi connectivity index (χ2n) is 4.04. The standard InChI is InChI=1S/C13H14ClN3O2S/c1-2-20(18,19)17-13-8-7-10(9-15-13)16-12-6-4-3-5-11(12)14/h3-9,16H,2H2,1H3,(H,15,17). The molecule has 0 radical (unpaired) electrons. The predicted molar refractivity (Wildman–Crippen MR) is 82.1 cm³/mol. The molecule has 0 unspecified atom stereocenters. The van der Waals surface area contributed by atoms with Gasteiger partial charge < -0.3 is 5.32 Å². The molecule has 1 aromatic carbocycles. The average Bonchev–Trinajstić information content (AvgIpc) is 2.43. The Bertz CT molecular complexity index is 687. The number of sulfonamides is 1. The summed E-state index contributed by atoms with van der Waals surface area (Å²) in [6.07, 6.45) is 1.54. The summed E-state index contributed by atoms with van der Waals surface area (Å²) < 4.78 is 25.2. The number of aromatic nitrogens is 1. The van der Waals surface area contributed by atoms with Crippen LogP contribution in [0.4, 0.5) is 17.2 Å². The SMILES string of the molecule is CCS(=O)(=O)Nc1ccc(Nc2ccccc2Cl)cn1. The molecule has 0 bridgehead atoms. The number of halogens is 1. The Morgan fingerprint density at radius 3 is 2.55 bits per heavy atom. The Hall–Kier alpha value is -1.79. The van der Waals surface area contributed by atoms with Crippen LogP contribution in [0.3, 0.4) is 0 Å². The van der Waals surface area contributed by atoms with E-state index in [1.165, 1.54) is 6.20 Å². The van der Waals surface area contributed by atoms with Crippen molar-refractivity contribution in [3.05, 3.63) is 47.6 Å². The Kier molecular flexibility index (Phi) is 4.46. The number of hydrogen-bond acceptors (Lipinski definition) is 4. The molecular formula is C13H14ClN3O2S. The third-order valence-corrected chi connectivity index (χ3v) is 4.17. The second kappa shape index (κ2) is 6.11. The Labute approximate surface area is 123 Å². The van der Waals surface area contributed by atoms with Gasteiger partial charge in [-0.25, -0.2) is 13.4 Å². The predicted octanol–water partition coefficient (Wildman–Crippen LogP) is 3.24. The molecule has 0 aliphatic rings. The molecule has 0 amide bonds. The van der Waals surface area contributed by atoms with Crippen LogP contribution >= 0.6 is 11.6 Å². The monoisotopic (exact) mass is 311 g/mol. The fourth-order valence-corrected chi connectivity index (χ4v) is 2.24. The number of benzene rings is 1. The van der Waals surface area contributed by atoms with Crippen LogP contribution in [0.2, 0.25) is 5.02 Å². The minimum atomic E-state index is -3.31. The Morgan fingerprint density at radius 2 is 1.95 bits per heavy atom. The van der Waals surface area contributed by atoms with Crippen molar-refractivity contribution in [3.8, 4) is 0 Å². The summed E-state index contributed by atoms with van der Waals surface area (Å²) in [6.45, 7) is 1.57. The number of rotatable bonds is 5. The van der Waals surface area contributed by atoms with Crippen LogP contribution in [0.5, 0.6) is 0 Å². The van der Waals surface area contributed by atoms with Gasteiger partial charge in [0.05, 0.1) is 28.3 Å². The number of anilines is 3. The van der Waals surface area contributed by atoms with Crippen LogP contribution in [-0.4, -0.2) is 19.2 Å². The van der Waals surface area contributed by atoms with Gasteiger partial charge in [-0.05, 0) is 31.2 Å². The maximum Gasteiger partial charge on any atom is 0.233 e. The molecule has 20 heavy (non-hydrogen) atoms. The first-order valence-electron chi connectivity index (χ1n) is 5.98. The highest BCUT2D eigenvalue weighted by atomic mass is 35.5. The van der Waals surface area contributed by atoms with Crippen LogP contribution in [-0.2, 0) is 10.0 Å². The van der Waals surface area contributed by atoms with E-state index in [2.05, 4.69) is 15.0 Å². The van der Waals surface area contributed by atoms with Crippen LogP contribution in [0.1, 0.15) is 6.92 Å². The van der Waals surface area contributed by atoms with Crippen molar-refractivity contribution >= 4 is 38.8 Å². The molecule has 0 saturated heterocycles. The van der Waals surface area contributed by atoms with Gasteiger partial charge in [0.2, 0.25) is 10.0 Å². The zero-order valence-corrected chi connectivity index (χ0v) is 12.4. The number of hydrogen-bond donors (Lipinski definition) is 2. The molecule has 0 spiro atoms. The van der Waals surface area contributed by atoms with Crippen molar-refractivity contribution in [2.75, 3.05) is 15.8 Å². The van der Waals surface area contributed by atoms with E-state index in [0.717, 1.165) is 11.4 Å². The van der Waals surface area contributed by atoms with Crippen LogP contribution in [0.25, 0.3) is 0 Å². The molecular weight excluding hydrogens is 298 g/mol. The van der Waals surface area contributed by atoms with Gasteiger partial charge in [-0.15, -0.1) is 0 Å². The maximum atomic E-state index is 11.4. The van der Waals surface area contributed by atoms with Gasteiger partial charge in [0.25, 0.3) is 0 Å². The van der Waals surface area contributed by atoms with Gasteiger partial charge in [0, 0.05) is 0 Å². The van der Waals surface area contributed by atoms with Crippen molar-refractivity contribution in [2.24, 2.45) is 0 Å². The van der Waals surface area contributed by atoms with E-state index < -0.39 is 10.0 Å². The molecule has 2 aromatic rings. The number of nitrogens with zero attached hydrogens (tertiary/aromatic N) is 1. The van der Waals surface area contributed by atoms with Gasteiger partial charge in [-0.1, -0.05) is 23.7 Å². The molecule has 0 saturated carbocycles. The van der Waals surface area contributed by atoms with Gasteiger partial charge in [0.1, 0.15) is 5.82 Å². The van der Waals surface area contributed by atoms with Gasteiger partial charge in [0.15, 0.2) is 0 Å². The van der Waals surface area contributed by atoms with Crippen molar-refractivity contribution in [1.82, 2.24) is 4.98 Å². The van der Waals surface area contributed by atoms with Crippen LogP contribution in [0.15, 0.2) is 42.6 Å². The lowest BCUT2D eigenvalue weighted by atomic mass is 10.3. The molecule has 0 aliphatic heterocycles. The fourth-order valence-electron chi connectivity index (χ4n) is 1.48. The lowest BCUT2D eigenvalue weighted by Crippen LogP contribution is -2.15. The quantitative estimate of drug-likeness (QED) is 0.889. The number of pyridine rings is 1. The summed E-state index contributed by atoms with van der Waals surface area (Å²) >= 11 is 6.04.